The second-order valence-corrected chi connectivity index (χ2v) is 7.84. The van der Waals surface area contributed by atoms with Crippen LogP contribution in [0.15, 0.2) is 40.9 Å². The lowest BCUT2D eigenvalue weighted by atomic mass is 9.85. The molecule has 1 heterocycles. The van der Waals surface area contributed by atoms with Gasteiger partial charge in [-0.05, 0) is 65.5 Å². The SMILES string of the molecule is CCc1ccc2c(c1)[C@H](NCc1ccc(F)c(Br)c1)[C@@H](O)C(C)(C)O2. The Morgan fingerprint density at radius 3 is 2.60 bits per heavy atom. The molecule has 134 valence electrons. The average Bonchev–Trinajstić information content (AvgIpc) is 2.58. The Bertz CT molecular complexity index is 778. The fraction of sp³-hybridized carbons (Fsp3) is 0.400. The number of rotatable bonds is 4. The number of ether oxygens (including phenoxy) is 1. The zero-order valence-corrected chi connectivity index (χ0v) is 16.2. The van der Waals surface area contributed by atoms with Crippen molar-refractivity contribution in [1.82, 2.24) is 5.32 Å². The van der Waals surface area contributed by atoms with Gasteiger partial charge in [0.1, 0.15) is 23.3 Å². The molecule has 2 N–H and O–H groups in total. The van der Waals surface area contributed by atoms with Crippen LogP contribution in [0, 0.1) is 5.82 Å². The van der Waals surface area contributed by atoms with Gasteiger partial charge in [0.2, 0.25) is 0 Å². The lowest BCUT2D eigenvalue weighted by Gasteiger charge is -2.42. The van der Waals surface area contributed by atoms with Gasteiger partial charge in [0.25, 0.3) is 0 Å². The summed E-state index contributed by atoms with van der Waals surface area (Å²) in [5.74, 6) is 0.513. The molecule has 0 saturated carbocycles. The van der Waals surface area contributed by atoms with E-state index in [9.17, 15) is 9.50 Å². The molecule has 25 heavy (non-hydrogen) atoms. The molecular formula is C20H23BrFNO2. The molecule has 3 nitrogen and oxygen atoms in total. The Labute approximate surface area is 156 Å². The number of nitrogens with one attached hydrogen (secondary N) is 1. The summed E-state index contributed by atoms with van der Waals surface area (Å²) in [6, 6.07) is 10.8. The van der Waals surface area contributed by atoms with Crippen LogP contribution >= 0.6 is 15.9 Å². The van der Waals surface area contributed by atoms with Gasteiger partial charge in [0.15, 0.2) is 0 Å². The molecule has 0 aromatic heterocycles. The number of aryl methyl sites for hydroxylation is 1. The Morgan fingerprint density at radius 2 is 1.92 bits per heavy atom. The predicted molar refractivity (Wildman–Crippen MR) is 100 cm³/mol. The first kappa shape index (κ1) is 18.4. The summed E-state index contributed by atoms with van der Waals surface area (Å²) in [5.41, 5.74) is 2.41. The Kier molecular flexibility index (Phi) is 5.19. The van der Waals surface area contributed by atoms with Crippen LogP contribution < -0.4 is 10.1 Å². The van der Waals surface area contributed by atoms with Crippen molar-refractivity contribution in [3.05, 3.63) is 63.4 Å². The zero-order chi connectivity index (χ0) is 18.2. The van der Waals surface area contributed by atoms with Crippen molar-refractivity contribution in [3.63, 3.8) is 0 Å². The second kappa shape index (κ2) is 7.06. The molecule has 5 heteroatoms. The van der Waals surface area contributed by atoms with Gasteiger partial charge < -0.3 is 15.2 Å². The van der Waals surface area contributed by atoms with Crippen LogP contribution in [-0.2, 0) is 13.0 Å². The van der Waals surface area contributed by atoms with E-state index in [4.69, 9.17) is 4.74 Å². The number of fused-ring (bicyclic) bond motifs is 1. The van der Waals surface area contributed by atoms with Crippen molar-refractivity contribution in [2.45, 2.75) is 51.5 Å². The quantitative estimate of drug-likeness (QED) is 0.782. The molecule has 1 aliphatic heterocycles. The van der Waals surface area contributed by atoms with Gasteiger partial charge in [0, 0.05) is 12.1 Å². The smallest absolute Gasteiger partial charge is 0.137 e. The maximum Gasteiger partial charge on any atom is 0.137 e. The Morgan fingerprint density at radius 1 is 1.20 bits per heavy atom. The highest BCUT2D eigenvalue weighted by Crippen LogP contribution is 2.40. The van der Waals surface area contributed by atoms with E-state index in [1.54, 1.807) is 12.1 Å². The van der Waals surface area contributed by atoms with Gasteiger partial charge in [-0.15, -0.1) is 0 Å². The van der Waals surface area contributed by atoms with E-state index in [0.29, 0.717) is 11.0 Å². The standard InChI is InChI=1S/C20H23BrFNO2/c1-4-12-6-8-17-14(9-12)18(19(24)20(2,3)25-17)23-11-13-5-7-16(22)15(21)10-13/h5-10,18-19,23-24H,4,11H2,1-3H3/t18-,19+/m0/s1. The van der Waals surface area contributed by atoms with Crippen LogP contribution in [0.2, 0.25) is 0 Å². The topological polar surface area (TPSA) is 41.5 Å². The van der Waals surface area contributed by atoms with Gasteiger partial charge in [-0.2, -0.15) is 0 Å². The van der Waals surface area contributed by atoms with E-state index in [0.717, 1.165) is 23.3 Å². The summed E-state index contributed by atoms with van der Waals surface area (Å²) in [5, 5.41) is 14.3. The van der Waals surface area contributed by atoms with Gasteiger partial charge in [-0.1, -0.05) is 25.1 Å². The van der Waals surface area contributed by atoms with Crippen LogP contribution in [0.5, 0.6) is 5.75 Å². The highest BCUT2D eigenvalue weighted by molar-refractivity contribution is 9.10. The largest absolute Gasteiger partial charge is 0.485 e. The van der Waals surface area contributed by atoms with Crippen molar-refractivity contribution in [1.29, 1.82) is 0 Å². The molecule has 0 unspecified atom stereocenters. The van der Waals surface area contributed by atoms with Crippen LogP contribution in [-0.4, -0.2) is 16.8 Å². The molecule has 0 saturated heterocycles. The minimum Gasteiger partial charge on any atom is -0.485 e. The summed E-state index contributed by atoms with van der Waals surface area (Å²) < 4.78 is 19.9. The van der Waals surface area contributed by atoms with Crippen molar-refractivity contribution in [3.8, 4) is 5.75 Å². The predicted octanol–water partition coefficient (Wildman–Crippen LogP) is 4.51. The first-order chi connectivity index (χ1) is 11.8. The van der Waals surface area contributed by atoms with Gasteiger partial charge >= 0.3 is 0 Å². The molecule has 0 bridgehead atoms. The third-order valence-electron chi connectivity index (χ3n) is 4.73. The highest BCUT2D eigenvalue weighted by atomic mass is 79.9. The fourth-order valence-corrected chi connectivity index (χ4v) is 3.59. The van der Waals surface area contributed by atoms with Crippen LogP contribution in [0.25, 0.3) is 0 Å². The van der Waals surface area contributed by atoms with Crippen LogP contribution in [0.1, 0.15) is 43.5 Å². The molecule has 2 atom stereocenters. The summed E-state index contributed by atoms with van der Waals surface area (Å²) in [7, 11) is 0. The van der Waals surface area contributed by atoms with E-state index in [-0.39, 0.29) is 11.9 Å². The maximum atomic E-state index is 13.4. The summed E-state index contributed by atoms with van der Waals surface area (Å²) in [4.78, 5) is 0. The fourth-order valence-electron chi connectivity index (χ4n) is 3.17. The van der Waals surface area contributed by atoms with Crippen molar-refractivity contribution in [2.75, 3.05) is 0 Å². The molecule has 0 aliphatic carbocycles. The molecule has 1 aliphatic rings. The van der Waals surface area contributed by atoms with E-state index in [2.05, 4.69) is 40.3 Å². The van der Waals surface area contributed by atoms with E-state index < -0.39 is 11.7 Å². The van der Waals surface area contributed by atoms with Gasteiger partial charge in [-0.25, -0.2) is 4.39 Å². The minimum atomic E-state index is -0.698. The highest BCUT2D eigenvalue weighted by Gasteiger charge is 2.42. The summed E-state index contributed by atoms with van der Waals surface area (Å²) >= 11 is 3.21. The van der Waals surface area contributed by atoms with E-state index in [1.807, 2.05) is 19.9 Å². The average molecular weight is 408 g/mol. The zero-order valence-electron chi connectivity index (χ0n) is 14.6. The maximum absolute atomic E-state index is 13.4. The number of hydrogen-bond donors (Lipinski definition) is 2. The molecule has 3 rings (SSSR count). The van der Waals surface area contributed by atoms with Gasteiger partial charge in [-0.3, -0.25) is 0 Å². The van der Waals surface area contributed by atoms with E-state index >= 15 is 0 Å². The third-order valence-corrected chi connectivity index (χ3v) is 5.34. The number of hydrogen-bond acceptors (Lipinski definition) is 3. The number of aliphatic hydroxyl groups is 1. The van der Waals surface area contributed by atoms with Crippen molar-refractivity contribution >= 4 is 15.9 Å². The Balaban J connectivity index is 1.89. The monoisotopic (exact) mass is 407 g/mol. The molecule has 2 aromatic carbocycles. The van der Waals surface area contributed by atoms with Crippen molar-refractivity contribution < 1.29 is 14.2 Å². The van der Waals surface area contributed by atoms with Crippen molar-refractivity contribution in [2.24, 2.45) is 0 Å². The minimum absolute atomic E-state index is 0.255. The number of benzene rings is 2. The lowest BCUT2D eigenvalue weighted by molar-refractivity contribution is -0.0649. The first-order valence-corrected chi connectivity index (χ1v) is 9.28. The molecule has 0 fully saturated rings. The lowest BCUT2D eigenvalue weighted by Crippen LogP contribution is -2.52. The van der Waals surface area contributed by atoms with Crippen LogP contribution in [0.3, 0.4) is 0 Å². The first-order valence-electron chi connectivity index (χ1n) is 8.49. The third kappa shape index (κ3) is 3.73. The number of halogens is 2. The molecule has 0 radical (unpaired) electrons. The molecule has 2 aromatic rings. The summed E-state index contributed by atoms with van der Waals surface area (Å²) in [6.07, 6.45) is 0.223. The summed E-state index contributed by atoms with van der Waals surface area (Å²) in [6.45, 7) is 6.39. The van der Waals surface area contributed by atoms with E-state index in [1.165, 1.54) is 11.6 Å². The second-order valence-electron chi connectivity index (χ2n) is 6.98. The normalized spacial score (nSPS) is 21.5. The molecule has 0 spiro atoms. The Hall–Kier alpha value is -1.43. The molecule has 0 amide bonds. The number of aliphatic hydroxyl groups excluding tert-OH is 1. The molecular weight excluding hydrogens is 385 g/mol. The van der Waals surface area contributed by atoms with Crippen LogP contribution in [0.4, 0.5) is 4.39 Å². The van der Waals surface area contributed by atoms with Gasteiger partial charge in [0.05, 0.1) is 10.5 Å².